The summed E-state index contributed by atoms with van der Waals surface area (Å²) in [5.74, 6) is 1.84. The maximum atomic E-state index is 3.67. The SMILES string of the molecule is CCCC1(CN2CCCC(C(C)C)CC2)CCCNC1. The van der Waals surface area contributed by atoms with Gasteiger partial charge in [-0.3, -0.25) is 0 Å². The highest BCUT2D eigenvalue weighted by Crippen LogP contribution is 2.34. The van der Waals surface area contributed by atoms with Crippen LogP contribution in [0, 0.1) is 17.3 Å². The highest BCUT2D eigenvalue weighted by Gasteiger charge is 2.33. The van der Waals surface area contributed by atoms with Crippen molar-refractivity contribution in [3.63, 3.8) is 0 Å². The lowest BCUT2D eigenvalue weighted by Crippen LogP contribution is -2.47. The van der Waals surface area contributed by atoms with Crippen molar-refractivity contribution in [3.05, 3.63) is 0 Å². The van der Waals surface area contributed by atoms with Gasteiger partial charge >= 0.3 is 0 Å². The van der Waals surface area contributed by atoms with Crippen LogP contribution in [-0.4, -0.2) is 37.6 Å². The van der Waals surface area contributed by atoms with Gasteiger partial charge in [0.15, 0.2) is 0 Å². The van der Waals surface area contributed by atoms with E-state index in [4.69, 9.17) is 0 Å². The van der Waals surface area contributed by atoms with Crippen LogP contribution in [0.1, 0.15) is 65.7 Å². The van der Waals surface area contributed by atoms with E-state index in [-0.39, 0.29) is 0 Å². The van der Waals surface area contributed by atoms with E-state index in [0.717, 1.165) is 11.8 Å². The van der Waals surface area contributed by atoms with Crippen molar-refractivity contribution in [2.24, 2.45) is 17.3 Å². The molecule has 20 heavy (non-hydrogen) atoms. The standard InChI is InChI=1S/C18H36N2/c1-4-9-18(10-6-11-19-14-18)15-20-12-5-7-17(8-13-20)16(2)3/h16-17,19H,4-15H2,1-3H3. The molecule has 0 aromatic heterocycles. The normalized spacial score (nSPS) is 33.3. The van der Waals surface area contributed by atoms with Gasteiger partial charge in [-0.1, -0.05) is 27.2 Å². The molecule has 0 saturated carbocycles. The zero-order chi connectivity index (χ0) is 14.4. The molecule has 0 spiro atoms. The van der Waals surface area contributed by atoms with Crippen LogP contribution >= 0.6 is 0 Å². The molecule has 0 aromatic rings. The average Bonchev–Trinajstić information content (AvgIpc) is 2.65. The summed E-state index contributed by atoms with van der Waals surface area (Å²) < 4.78 is 0. The summed E-state index contributed by atoms with van der Waals surface area (Å²) in [5.41, 5.74) is 0.574. The van der Waals surface area contributed by atoms with Crippen molar-refractivity contribution in [3.8, 4) is 0 Å². The minimum absolute atomic E-state index is 0.574. The lowest BCUT2D eigenvalue weighted by molar-refractivity contribution is 0.107. The maximum absolute atomic E-state index is 3.67. The Kier molecular flexibility index (Phi) is 6.35. The maximum Gasteiger partial charge on any atom is 0.00501 e. The Labute approximate surface area is 126 Å². The van der Waals surface area contributed by atoms with Gasteiger partial charge < -0.3 is 10.2 Å². The Morgan fingerprint density at radius 1 is 1.20 bits per heavy atom. The first-order valence-corrected chi connectivity index (χ1v) is 9.08. The van der Waals surface area contributed by atoms with E-state index in [9.17, 15) is 0 Å². The fourth-order valence-electron chi connectivity index (χ4n) is 4.47. The number of nitrogens with zero attached hydrogens (tertiary/aromatic N) is 1. The number of piperidine rings is 1. The molecule has 2 aliphatic rings. The fraction of sp³-hybridized carbons (Fsp3) is 1.00. The van der Waals surface area contributed by atoms with Crippen molar-refractivity contribution in [2.75, 3.05) is 32.7 Å². The molecule has 2 aliphatic heterocycles. The van der Waals surface area contributed by atoms with Crippen LogP contribution in [0.15, 0.2) is 0 Å². The molecule has 1 N–H and O–H groups in total. The summed E-state index contributed by atoms with van der Waals surface area (Å²) >= 11 is 0. The van der Waals surface area contributed by atoms with E-state index >= 15 is 0 Å². The Balaban J connectivity index is 1.90. The molecule has 0 amide bonds. The van der Waals surface area contributed by atoms with Gasteiger partial charge in [0.2, 0.25) is 0 Å². The highest BCUT2D eigenvalue weighted by molar-refractivity contribution is 4.89. The number of nitrogens with one attached hydrogen (secondary N) is 1. The molecule has 2 heteroatoms. The number of rotatable bonds is 5. The van der Waals surface area contributed by atoms with Gasteiger partial charge in [0.1, 0.15) is 0 Å². The molecular weight excluding hydrogens is 244 g/mol. The molecule has 2 atom stereocenters. The van der Waals surface area contributed by atoms with E-state index in [1.807, 2.05) is 0 Å². The van der Waals surface area contributed by atoms with Crippen molar-refractivity contribution in [1.82, 2.24) is 10.2 Å². The van der Waals surface area contributed by atoms with Crippen LogP contribution < -0.4 is 5.32 Å². The average molecular weight is 280 g/mol. The summed E-state index contributed by atoms with van der Waals surface area (Å²) in [5, 5.41) is 3.67. The molecule has 0 radical (unpaired) electrons. The smallest absolute Gasteiger partial charge is 0.00501 e. The molecule has 2 nitrogen and oxygen atoms in total. The van der Waals surface area contributed by atoms with Crippen molar-refractivity contribution in [2.45, 2.75) is 65.7 Å². The molecule has 2 rings (SSSR count). The first-order valence-electron chi connectivity index (χ1n) is 9.08. The Bertz CT molecular complexity index is 263. The zero-order valence-electron chi connectivity index (χ0n) is 14.1. The van der Waals surface area contributed by atoms with Crippen LogP contribution in [0.4, 0.5) is 0 Å². The lowest BCUT2D eigenvalue weighted by Gasteiger charge is -2.41. The minimum atomic E-state index is 0.574. The summed E-state index contributed by atoms with van der Waals surface area (Å²) in [6, 6.07) is 0. The summed E-state index contributed by atoms with van der Waals surface area (Å²) in [7, 11) is 0. The quantitative estimate of drug-likeness (QED) is 0.821. The van der Waals surface area contributed by atoms with Crippen LogP contribution in [0.5, 0.6) is 0 Å². The largest absolute Gasteiger partial charge is 0.316 e. The molecule has 0 aromatic carbocycles. The van der Waals surface area contributed by atoms with E-state index in [1.165, 1.54) is 77.7 Å². The van der Waals surface area contributed by atoms with Gasteiger partial charge in [-0.2, -0.15) is 0 Å². The number of hydrogen-bond donors (Lipinski definition) is 1. The first kappa shape index (κ1) is 16.3. The fourth-order valence-corrected chi connectivity index (χ4v) is 4.47. The number of hydrogen-bond acceptors (Lipinski definition) is 2. The molecular formula is C18H36N2. The highest BCUT2D eigenvalue weighted by atomic mass is 15.1. The number of likely N-dealkylation sites (tertiary alicyclic amines) is 1. The monoisotopic (exact) mass is 280 g/mol. The zero-order valence-corrected chi connectivity index (χ0v) is 14.1. The molecule has 0 bridgehead atoms. The van der Waals surface area contributed by atoms with Crippen LogP contribution in [0.25, 0.3) is 0 Å². The van der Waals surface area contributed by atoms with E-state index in [1.54, 1.807) is 0 Å². The summed E-state index contributed by atoms with van der Waals surface area (Å²) in [4.78, 5) is 2.80. The first-order chi connectivity index (χ1) is 9.65. The van der Waals surface area contributed by atoms with Crippen LogP contribution in [0.2, 0.25) is 0 Å². The minimum Gasteiger partial charge on any atom is -0.316 e. The van der Waals surface area contributed by atoms with Crippen LogP contribution in [-0.2, 0) is 0 Å². The third kappa shape index (κ3) is 4.46. The molecule has 2 saturated heterocycles. The van der Waals surface area contributed by atoms with Gasteiger partial charge in [-0.05, 0) is 75.4 Å². The molecule has 2 unspecified atom stereocenters. The van der Waals surface area contributed by atoms with E-state index < -0.39 is 0 Å². The van der Waals surface area contributed by atoms with Gasteiger partial charge in [-0.15, -0.1) is 0 Å². The van der Waals surface area contributed by atoms with Crippen molar-refractivity contribution < 1.29 is 0 Å². The Morgan fingerprint density at radius 3 is 2.70 bits per heavy atom. The van der Waals surface area contributed by atoms with Crippen LogP contribution in [0.3, 0.4) is 0 Å². The van der Waals surface area contributed by atoms with Crippen molar-refractivity contribution in [1.29, 1.82) is 0 Å². The van der Waals surface area contributed by atoms with Crippen molar-refractivity contribution >= 4 is 0 Å². The summed E-state index contributed by atoms with van der Waals surface area (Å²) in [6.07, 6.45) is 9.85. The molecule has 0 aliphatic carbocycles. The van der Waals surface area contributed by atoms with Gasteiger partial charge in [0.25, 0.3) is 0 Å². The van der Waals surface area contributed by atoms with Gasteiger partial charge in [-0.25, -0.2) is 0 Å². The summed E-state index contributed by atoms with van der Waals surface area (Å²) in [6.45, 7) is 13.7. The third-order valence-corrected chi connectivity index (χ3v) is 5.71. The van der Waals surface area contributed by atoms with Gasteiger partial charge in [0, 0.05) is 13.1 Å². The lowest BCUT2D eigenvalue weighted by atomic mass is 9.76. The predicted octanol–water partition coefficient (Wildman–Crippen LogP) is 3.91. The predicted molar refractivity (Wildman–Crippen MR) is 88.1 cm³/mol. The third-order valence-electron chi connectivity index (χ3n) is 5.71. The molecule has 118 valence electrons. The second-order valence-corrected chi connectivity index (χ2v) is 7.74. The second kappa shape index (κ2) is 7.79. The van der Waals surface area contributed by atoms with E-state index in [0.29, 0.717) is 5.41 Å². The Morgan fingerprint density at radius 2 is 2.05 bits per heavy atom. The second-order valence-electron chi connectivity index (χ2n) is 7.74. The molecule has 2 fully saturated rings. The van der Waals surface area contributed by atoms with E-state index in [2.05, 4.69) is 31.0 Å². The topological polar surface area (TPSA) is 15.3 Å². The molecule has 2 heterocycles. The Hall–Kier alpha value is -0.0800. The van der Waals surface area contributed by atoms with Gasteiger partial charge in [0.05, 0.1) is 0 Å².